The highest BCUT2D eigenvalue weighted by atomic mass is 35.5. The first kappa shape index (κ1) is 22.3. The van der Waals surface area contributed by atoms with E-state index >= 15 is 0 Å². The highest BCUT2D eigenvalue weighted by molar-refractivity contribution is 5.96. The lowest BCUT2D eigenvalue weighted by Crippen LogP contribution is -2.53. The normalized spacial score (nSPS) is 15.3. The van der Waals surface area contributed by atoms with E-state index in [1.54, 1.807) is 18.2 Å². The summed E-state index contributed by atoms with van der Waals surface area (Å²) in [5.41, 5.74) is 6.03. The Balaban J connectivity index is 0.00000338. The number of para-hydroxylation sites is 1. The molecule has 6 nitrogen and oxygen atoms in total. The van der Waals surface area contributed by atoms with Crippen molar-refractivity contribution in [3.8, 4) is 5.75 Å². The molecule has 0 heterocycles. The van der Waals surface area contributed by atoms with Gasteiger partial charge in [-0.1, -0.05) is 12.1 Å². The van der Waals surface area contributed by atoms with Crippen LogP contribution in [0.5, 0.6) is 5.75 Å². The van der Waals surface area contributed by atoms with Gasteiger partial charge in [0.25, 0.3) is 5.91 Å². The van der Waals surface area contributed by atoms with E-state index in [4.69, 9.17) is 10.5 Å². The van der Waals surface area contributed by atoms with E-state index in [2.05, 4.69) is 10.6 Å². The Hall–Kier alpha value is -1.79. The molecule has 0 bridgehead atoms. The third kappa shape index (κ3) is 6.18. The number of halogens is 1. The van der Waals surface area contributed by atoms with Gasteiger partial charge >= 0.3 is 0 Å². The molecular weight excluding hydrogens is 354 g/mol. The Morgan fingerprint density at radius 2 is 2.00 bits per heavy atom. The number of nitrogens with two attached hydrogens (primary N) is 1. The topological polar surface area (TPSA) is 93.4 Å². The predicted molar refractivity (Wildman–Crippen MR) is 105 cm³/mol. The average molecular weight is 384 g/mol. The van der Waals surface area contributed by atoms with Gasteiger partial charge in [0.15, 0.2) is 0 Å². The minimum Gasteiger partial charge on any atom is -0.493 e. The Kier molecular flexibility index (Phi) is 8.88. The van der Waals surface area contributed by atoms with Crippen molar-refractivity contribution in [1.82, 2.24) is 10.6 Å². The van der Waals surface area contributed by atoms with Crippen LogP contribution in [0.3, 0.4) is 0 Å². The molecule has 0 aliphatic heterocycles. The highest BCUT2D eigenvalue weighted by Gasteiger charge is 2.41. The number of rotatable bonds is 10. The maximum absolute atomic E-state index is 12.2. The van der Waals surface area contributed by atoms with Gasteiger partial charge in [-0.15, -0.1) is 12.4 Å². The van der Waals surface area contributed by atoms with Gasteiger partial charge < -0.3 is 21.1 Å². The summed E-state index contributed by atoms with van der Waals surface area (Å²) in [4.78, 5) is 24.4. The van der Waals surface area contributed by atoms with Crippen LogP contribution in [-0.2, 0) is 4.79 Å². The Labute approximate surface area is 161 Å². The maximum atomic E-state index is 12.2. The van der Waals surface area contributed by atoms with Crippen molar-refractivity contribution in [2.24, 2.45) is 11.7 Å². The van der Waals surface area contributed by atoms with Crippen LogP contribution < -0.4 is 21.1 Å². The van der Waals surface area contributed by atoms with Gasteiger partial charge in [0.05, 0.1) is 17.7 Å². The summed E-state index contributed by atoms with van der Waals surface area (Å²) < 4.78 is 5.46. The summed E-state index contributed by atoms with van der Waals surface area (Å²) in [6.07, 6.45) is 3.21. The molecule has 4 N–H and O–H groups in total. The van der Waals surface area contributed by atoms with Gasteiger partial charge in [-0.05, 0) is 51.2 Å². The molecule has 0 saturated heterocycles. The van der Waals surface area contributed by atoms with E-state index in [-0.39, 0.29) is 29.8 Å². The standard InChI is InChI=1S/C19H29N3O3.ClH/c1-3-25-16-8-5-4-7-15(16)18(24)21-12-6-9-17(23)22-19(2,13-20)14-10-11-14;/h4-5,7-8,14H,3,6,9-13,20H2,1-2H3,(H,21,24)(H,22,23);1H. The lowest BCUT2D eigenvalue weighted by Gasteiger charge is -2.29. The van der Waals surface area contributed by atoms with E-state index in [0.717, 1.165) is 12.8 Å². The van der Waals surface area contributed by atoms with Gasteiger partial charge in [0.1, 0.15) is 5.75 Å². The van der Waals surface area contributed by atoms with Gasteiger partial charge in [-0.3, -0.25) is 9.59 Å². The molecule has 1 aliphatic rings. The molecule has 1 unspecified atom stereocenters. The average Bonchev–Trinajstić information content (AvgIpc) is 3.45. The molecule has 2 amide bonds. The minimum absolute atomic E-state index is 0. The van der Waals surface area contributed by atoms with E-state index in [1.165, 1.54) is 0 Å². The summed E-state index contributed by atoms with van der Waals surface area (Å²) >= 11 is 0. The molecule has 146 valence electrons. The van der Waals surface area contributed by atoms with Crippen LogP contribution in [0.2, 0.25) is 0 Å². The van der Waals surface area contributed by atoms with Crippen molar-refractivity contribution in [1.29, 1.82) is 0 Å². The number of benzene rings is 1. The Morgan fingerprint density at radius 1 is 1.31 bits per heavy atom. The number of amides is 2. The molecule has 1 aromatic rings. The third-order valence-electron chi connectivity index (χ3n) is 4.63. The highest BCUT2D eigenvalue weighted by Crippen LogP contribution is 2.38. The quantitative estimate of drug-likeness (QED) is 0.540. The number of carbonyl (C=O) groups excluding carboxylic acids is 2. The predicted octanol–water partition coefficient (Wildman–Crippen LogP) is 2.26. The molecule has 7 heteroatoms. The molecule has 2 rings (SSSR count). The molecule has 1 aliphatic carbocycles. The maximum Gasteiger partial charge on any atom is 0.255 e. The second kappa shape index (κ2) is 10.4. The second-order valence-electron chi connectivity index (χ2n) is 6.73. The Bertz CT molecular complexity index is 607. The van der Waals surface area contributed by atoms with Crippen LogP contribution >= 0.6 is 12.4 Å². The van der Waals surface area contributed by atoms with Crippen LogP contribution in [0, 0.1) is 5.92 Å². The molecule has 0 spiro atoms. The van der Waals surface area contributed by atoms with Crippen LogP contribution in [0.25, 0.3) is 0 Å². The van der Waals surface area contributed by atoms with Crippen molar-refractivity contribution in [2.75, 3.05) is 19.7 Å². The van der Waals surface area contributed by atoms with E-state index in [9.17, 15) is 9.59 Å². The monoisotopic (exact) mass is 383 g/mol. The summed E-state index contributed by atoms with van der Waals surface area (Å²) in [5, 5.41) is 5.90. The zero-order valence-electron chi connectivity index (χ0n) is 15.5. The van der Waals surface area contributed by atoms with Gasteiger partial charge in [-0.25, -0.2) is 0 Å². The molecule has 26 heavy (non-hydrogen) atoms. The Morgan fingerprint density at radius 3 is 2.62 bits per heavy atom. The van der Waals surface area contributed by atoms with Gasteiger partial charge in [0.2, 0.25) is 5.91 Å². The fourth-order valence-corrected chi connectivity index (χ4v) is 2.90. The summed E-state index contributed by atoms with van der Waals surface area (Å²) in [6, 6.07) is 7.14. The van der Waals surface area contributed by atoms with Crippen LogP contribution in [-0.4, -0.2) is 37.0 Å². The molecule has 1 atom stereocenters. The number of hydrogen-bond acceptors (Lipinski definition) is 4. The van der Waals surface area contributed by atoms with Crippen molar-refractivity contribution >= 4 is 24.2 Å². The van der Waals surface area contributed by atoms with Crippen LogP contribution in [0.4, 0.5) is 0 Å². The minimum atomic E-state index is -0.295. The first-order valence-electron chi connectivity index (χ1n) is 9.01. The van der Waals surface area contributed by atoms with Crippen molar-refractivity contribution in [3.63, 3.8) is 0 Å². The number of carbonyl (C=O) groups is 2. The van der Waals surface area contributed by atoms with Crippen LogP contribution in [0.1, 0.15) is 49.9 Å². The first-order chi connectivity index (χ1) is 12.0. The van der Waals surface area contributed by atoms with E-state index in [0.29, 0.717) is 49.8 Å². The fraction of sp³-hybridized carbons (Fsp3) is 0.579. The summed E-state index contributed by atoms with van der Waals surface area (Å²) in [5.74, 6) is 0.873. The molecule has 1 aromatic carbocycles. The van der Waals surface area contributed by atoms with Crippen LogP contribution in [0.15, 0.2) is 24.3 Å². The lowest BCUT2D eigenvalue weighted by atomic mass is 9.95. The van der Waals surface area contributed by atoms with E-state index in [1.807, 2.05) is 19.9 Å². The molecule has 0 radical (unpaired) electrons. The molecule has 1 fully saturated rings. The van der Waals surface area contributed by atoms with Crippen molar-refractivity contribution in [3.05, 3.63) is 29.8 Å². The first-order valence-corrected chi connectivity index (χ1v) is 9.01. The fourth-order valence-electron chi connectivity index (χ4n) is 2.90. The zero-order valence-corrected chi connectivity index (χ0v) is 16.4. The SMILES string of the molecule is CCOc1ccccc1C(=O)NCCCC(=O)NC(C)(CN)C1CC1.Cl. The van der Waals surface area contributed by atoms with E-state index < -0.39 is 0 Å². The molecular formula is C19H30ClN3O3. The zero-order chi connectivity index (χ0) is 18.3. The summed E-state index contributed by atoms with van der Waals surface area (Å²) in [6.45, 7) is 5.29. The van der Waals surface area contributed by atoms with Gasteiger partial charge in [0, 0.05) is 19.5 Å². The number of ether oxygens (including phenoxy) is 1. The third-order valence-corrected chi connectivity index (χ3v) is 4.63. The molecule has 0 aromatic heterocycles. The smallest absolute Gasteiger partial charge is 0.255 e. The largest absolute Gasteiger partial charge is 0.493 e. The summed E-state index contributed by atoms with van der Waals surface area (Å²) in [7, 11) is 0. The number of hydrogen-bond donors (Lipinski definition) is 3. The second-order valence-corrected chi connectivity index (χ2v) is 6.73. The molecule has 1 saturated carbocycles. The van der Waals surface area contributed by atoms with Gasteiger partial charge in [-0.2, -0.15) is 0 Å². The number of nitrogens with one attached hydrogen (secondary N) is 2. The van der Waals surface area contributed by atoms with Crippen molar-refractivity contribution < 1.29 is 14.3 Å². The van der Waals surface area contributed by atoms with Crippen molar-refractivity contribution in [2.45, 2.75) is 45.1 Å². The lowest BCUT2D eigenvalue weighted by molar-refractivity contribution is -0.123.